The molecule has 0 unspecified atom stereocenters. The maximum Gasteiger partial charge on any atom is 0.239 e. The molecule has 2 saturated heterocycles. The summed E-state index contributed by atoms with van der Waals surface area (Å²) in [6.07, 6.45) is 4.64. The van der Waals surface area contributed by atoms with Crippen LogP contribution in [0.25, 0.3) is 0 Å². The maximum atomic E-state index is 12.9. The fourth-order valence-corrected chi connectivity index (χ4v) is 4.92. The van der Waals surface area contributed by atoms with E-state index in [1.807, 2.05) is 4.90 Å². The van der Waals surface area contributed by atoms with Crippen LogP contribution in [0.5, 0.6) is 11.5 Å². The van der Waals surface area contributed by atoms with E-state index < -0.39 is 0 Å². The predicted octanol–water partition coefficient (Wildman–Crippen LogP) is 2.19. The summed E-state index contributed by atoms with van der Waals surface area (Å²) in [6, 6.07) is 4.22. The first-order valence-corrected chi connectivity index (χ1v) is 9.96. The number of fused-ring (bicyclic) bond motifs is 2. The van der Waals surface area contributed by atoms with Gasteiger partial charge < -0.3 is 19.1 Å². The molecule has 0 saturated carbocycles. The van der Waals surface area contributed by atoms with E-state index in [0.717, 1.165) is 63.2 Å². The Morgan fingerprint density at radius 1 is 1.15 bits per heavy atom. The van der Waals surface area contributed by atoms with Gasteiger partial charge in [0, 0.05) is 13.1 Å². The lowest BCUT2D eigenvalue weighted by atomic mass is 9.79. The van der Waals surface area contributed by atoms with Crippen molar-refractivity contribution in [1.82, 2.24) is 9.80 Å². The maximum absolute atomic E-state index is 12.9. The van der Waals surface area contributed by atoms with E-state index >= 15 is 0 Å². The first-order chi connectivity index (χ1) is 13.1. The fourth-order valence-electron chi connectivity index (χ4n) is 4.92. The van der Waals surface area contributed by atoms with Gasteiger partial charge in [-0.2, -0.15) is 0 Å². The van der Waals surface area contributed by atoms with Gasteiger partial charge in [-0.1, -0.05) is 0 Å². The van der Waals surface area contributed by atoms with E-state index in [1.54, 1.807) is 14.2 Å². The molecule has 4 rings (SSSR count). The Kier molecular flexibility index (Phi) is 5.03. The van der Waals surface area contributed by atoms with Crippen molar-refractivity contribution in [3.05, 3.63) is 23.3 Å². The molecule has 1 aromatic rings. The molecule has 3 aliphatic heterocycles. The minimum atomic E-state index is -0.314. The van der Waals surface area contributed by atoms with Crippen molar-refractivity contribution in [3.63, 3.8) is 0 Å². The van der Waals surface area contributed by atoms with Crippen molar-refractivity contribution in [2.24, 2.45) is 0 Å². The zero-order chi connectivity index (χ0) is 19.0. The molecule has 1 aromatic carbocycles. The Hall–Kier alpha value is -1.79. The highest BCUT2D eigenvalue weighted by atomic mass is 16.5. The summed E-state index contributed by atoms with van der Waals surface area (Å²) in [5.41, 5.74) is 2.16. The van der Waals surface area contributed by atoms with E-state index in [1.165, 1.54) is 11.1 Å². The summed E-state index contributed by atoms with van der Waals surface area (Å²) >= 11 is 0. The number of hydrogen-bond acceptors (Lipinski definition) is 5. The van der Waals surface area contributed by atoms with Crippen molar-refractivity contribution in [2.45, 2.75) is 43.7 Å². The molecule has 27 heavy (non-hydrogen) atoms. The quantitative estimate of drug-likeness (QED) is 0.812. The number of amides is 1. The van der Waals surface area contributed by atoms with E-state index in [4.69, 9.17) is 14.2 Å². The van der Waals surface area contributed by atoms with Crippen LogP contribution < -0.4 is 9.47 Å². The van der Waals surface area contributed by atoms with Gasteiger partial charge in [-0.05, 0) is 69.0 Å². The standard InChI is InChI=1S/C21H30N2O4/c1-22-9-4-5-17(22)20(24)23-10-7-21(8-11-23)16-14-19(26-3)18(25-2)13-15(16)6-12-27-21/h13-14,17H,4-12H2,1-3H3/t17-/m1/s1. The summed E-state index contributed by atoms with van der Waals surface area (Å²) in [7, 11) is 5.39. The van der Waals surface area contributed by atoms with E-state index in [9.17, 15) is 4.79 Å². The number of hydrogen-bond donors (Lipinski definition) is 0. The van der Waals surface area contributed by atoms with Gasteiger partial charge in [0.05, 0.1) is 32.5 Å². The van der Waals surface area contributed by atoms with Crippen molar-refractivity contribution in [3.8, 4) is 11.5 Å². The Balaban J connectivity index is 1.54. The Labute approximate surface area is 161 Å². The number of likely N-dealkylation sites (tertiary alicyclic amines) is 2. The average Bonchev–Trinajstić information content (AvgIpc) is 3.13. The average molecular weight is 374 g/mol. The Bertz CT molecular complexity index is 712. The number of ether oxygens (including phenoxy) is 3. The lowest BCUT2D eigenvalue weighted by Gasteiger charge is -2.45. The van der Waals surface area contributed by atoms with Crippen LogP contribution in [0.3, 0.4) is 0 Å². The minimum absolute atomic E-state index is 0.0583. The summed E-state index contributed by atoms with van der Waals surface area (Å²) in [4.78, 5) is 17.1. The van der Waals surface area contributed by atoms with Crippen LogP contribution in [0.4, 0.5) is 0 Å². The van der Waals surface area contributed by atoms with Crippen LogP contribution >= 0.6 is 0 Å². The molecule has 1 spiro atoms. The third-order valence-corrected chi connectivity index (χ3v) is 6.54. The van der Waals surface area contributed by atoms with Gasteiger partial charge in [-0.25, -0.2) is 0 Å². The second-order valence-electron chi connectivity index (χ2n) is 7.92. The molecule has 148 valence electrons. The van der Waals surface area contributed by atoms with Crippen LogP contribution in [0.2, 0.25) is 0 Å². The lowest BCUT2D eigenvalue weighted by molar-refractivity contribution is -0.144. The zero-order valence-corrected chi connectivity index (χ0v) is 16.6. The highest BCUT2D eigenvalue weighted by Crippen LogP contribution is 2.45. The van der Waals surface area contributed by atoms with E-state index in [2.05, 4.69) is 24.1 Å². The summed E-state index contributed by atoms with van der Waals surface area (Å²) in [5.74, 6) is 1.80. The van der Waals surface area contributed by atoms with Gasteiger partial charge >= 0.3 is 0 Å². The van der Waals surface area contributed by atoms with Crippen LogP contribution in [0, 0.1) is 0 Å². The number of methoxy groups -OCH3 is 2. The summed E-state index contributed by atoms with van der Waals surface area (Å²) in [5, 5.41) is 0. The lowest BCUT2D eigenvalue weighted by Crippen LogP contribution is -2.52. The van der Waals surface area contributed by atoms with Crippen LogP contribution in [0.1, 0.15) is 36.8 Å². The Morgan fingerprint density at radius 3 is 2.48 bits per heavy atom. The first-order valence-electron chi connectivity index (χ1n) is 9.96. The van der Waals surface area contributed by atoms with Crippen molar-refractivity contribution >= 4 is 5.91 Å². The number of nitrogens with zero attached hydrogens (tertiary/aromatic N) is 2. The molecule has 3 heterocycles. The number of carbonyl (C=O) groups is 1. The summed E-state index contributed by atoms with van der Waals surface area (Å²) < 4.78 is 17.3. The van der Waals surface area contributed by atoms with Gasteiger partial charge in [0.15, 0.2) is 11.5 Å². The van der Waals surface area contributed by atoms with Crippen LogP contribution in [0.15, 0.2) is 12.1 Å². The van der Waals surface area contributed by atoms with Crippen LogP contribution in [-0.2, 0) is 21.6 Å². The predicted molar refractivity (Wildman–Crippen MR) is 102 cm³/mol. The smallest absolute Gasteiger partial charge is 0.239 e. The molecular weight excluding hydrogens is 344 g/mol. The molecule has 6 heteroatoms. The third-order valence-electron chi connectivity index (χ3n) is 6.54. The number of piperidine rings is 1. The second kappa shape index (κ2) is 7.32. The van der Waals surface area contributed by atoms with Crippen LogP contribution in [-0.4, -0.2) is 69.3 Å². The number of carbonyl (C=O) groups excluding carboxylic acids is 1. The van der Waals surface area contributed by atoms with Gasteiger partial charge in [0.2, 0.25) is 5.91 Å². The molecule has 6 nitrogen and oxygen atoms in total. The monoisotopic (exact) mass is 374 g/mol. The number of benzene rings is 1. The van der Waals surface area contributed by atoms with E-state index in [-0.39, 0.29) is 17.6 Å². The molecular formula is C21H30N2O4. The number of rotatable bonds is 3. The highest BCUT2D eigenvalue weighted by molar-refractivity contribution is 5.82. The Morgan fingerprint density at radius 2 is 1.85 bits per heavy atom. The normalized spacial score (nSPS) is 24.7. The van der Waals surface area contributed by atoms with Crippen molar-refractivity contribution in [1.29, 1.82) is 0 Å². The SMILES string of the molecule is COc1cc2c(cc1OC)C1(CCN(C(=O)[C@H]3CCCN3C)CC1)OCC2. The largest absolute Gasteiger partial charge is 0.493 e. The molecule has 0 aromatic heterocycles. The molecule has 0 bridgehead atoms. The van der Waals surface area contributed by atoms with Gasteiger partial charge in [-0.3, -0.25) is 9.69 Å². The fraction of sp³-hybridized carbons (Fsp3) is 0.667. The third kappa shape index (κ3) is 3.19. The van der Waals surface area contributed by atoms with Gasteiger partial charge in [-0.15, -0.1) is 0 Å². The first kappa shape index (κ1) is 18.6. The molecule has 3 aliphatic rings. The van der Waals surface area contributed by atoms with Gasteiger partial charge in [0.1, 0.15) is 0 Å². The molecule has 1 atom stereocenters. The summed E-state index contributed by atoms with van der Waals surface area (Å²) in [6.45, 7) is 3.22. The second-order valence-corrected chi connectivity index (χ2v) is 7.92. The molecule has 0 N–H and O–H groups in total. The highest BCUT2D eigenvalue weighted by Gasteiger charge is 2.43. The van der Waals surface area contributed by atoms with Crippen molar-refractivity contribution < 1.29 is 19.0 Å². The molecule has 0 aliphatic carbocycles. The van der Waals surface area contributed by atoms with E-state index in [0.29, 0.717) is 6.61 Å². The molecule has 2 fully saturated rings. The van der Waals surface area contributed by atoms with Gasteiger partial charge in [0.25, 0.3) is 0 Å². The molecule has 0 radical (unpaired) electrons. The zero-order valence-electron chi connectivity index (χ0n) is 16.6. The number of likely N-dealkylation sites (N-methyl/N-ethyl adjacent to an activating group) is 1. The van der Waals surface area contributed by atoms with Crippen molar-refractivity contribution in [2.75, 3.05) is 47.5 Å². The minimum Gasteiger partial charge on any atom is -0.493 e. The molecule has 1 amide bonds. The topological polar surface area (TPSA) is 51.2 Å².